The molecule has 2 aromatic rings. The highest BCUT2D eigenvalue weighted by Crippen LogP contribution is 2.27. The fourth-order valence-electron chi connectivity index (χ4n) is 2.29. The van der Waals surface area contributed by atoms with Crippen LogP contribution in [-0.2, 0) is 4.74 Å². The van der Waals surface area contributed by atoms with E-state index in [0.717, 1.165) is 0 Å². The first-order chi connectivity index (χ1) is 11.6. The number of benzene rings is 1. The van der Waals surface area contributed by atoms with Crippen molar-refractivity contribution in [1.29, 1.82) is 0 Å². The summed E-state index contributed by atoms with van der Waals surface area (Å²) in [5.74, 6) is 0.113. The standard InChI is InChI=1S/C16H14F2N2O4/c17-14(18)9-24-13-4-2-1-3-12(13)15-16(22)10(6-21)5-20(19-15)11-7-23-8-11/h1-6,11,14H,7-9H2. The Labute approximate surface area is 135 Å². The topological polar surface area (TPSA) is 70.4 Å². The van der Waals surface area contributed by atoms with Crippen molar-refractivity contribution in [2.45, 2.75) is 12.5 Å². The largest absolute Gasteiger partial charge is 0.487 e. The lowest BCUT2D eigenvalue weighted by atomic mass is 10.1. The van der Waals surface area contributed by atoms with E-state index in [1.165, 1.54) is 16.9 Å². The number of rotatable bonds is 6. The van der Waals surface area contributed by atoms with Gasteiger partial charge in [-0.25, -0.2) is 8.78 Å². The van der Waals surface area contributed by atoms with Gasteiger partial charge in [-0.1, -0.05) is 12.1 Å². The number of alkyl halides is 2. The molecule has 0 spiro atoms. The minimum Gasteiger partial charge on any atom is -0.487 e. The van der Waals surface area contributed by atoms with E-state index in [9.17, 15) is 18.4 Å². The normalized spacial score (nSPS) is 14.5. The van der Waals surface area contributed by atoms with Gasteiger partial charge < -0.3 is 9.47 Å². The number of aromatic nitrogens is 2. The lowest BCUT2D eigenvalue weighted by molar-refractivity contribution is -0.0292. The summed E-state index contributed by atoms with van der Waals surface area (Å²) in [4.78, 5) is 23.6. The van der Waals surface area contributed by atoms with Crippen molar-refractivity contribution >= 4 is 6.29 Å². The lowest BCUT2D eigenvalue weighted by Crippen LogP contribution is -2.34. The molecule has 6 nitrogen and oxygen atoms in total. The van der Waals surface area contributed by atoms with E-state index < -0.39 is 18.5 Å². The molecule has 0 saturated carbocycles. The Kier molecular flexibility index (Phi) is 4.66. The first-order valence-corrected chi connectivity index (χ1v) is 7.27. The number of hydrogen-bond donors (Lipinski definition) is 0. The van der Waals surface area contributed by atoms with E-state index in [2.05, 4.69) is 5.10 Å². The quantitative estimate of drug-likeness (QED) is 0.754. The van der Waals surface area contributed by atoms with Crippen molar-refractivity contribution in [3.8, 4) is 17.0 Å². The molecular weight excluding hydrogens is 322 g/mol. The predicted octanol–water partition coefficient (Wildman–Crippen LogP) is 1.94. The molecule has 0 bridgehead atoms. The van der Waals surface area contributed by atoms with Crippen molar-refractivity contribution in [3.63, 3.8) is 0 Å². The van der Waals surface area contributed by atoms with Gasteiger partial charge in [0, 0.05) is 11.8 Å². The van der Waals surface area contributed by atoms with Crippen LogP contribution in [0.3, 0.4) is 0 Å². The molecular formula is C16H14F2N2O4. The van der Waals surface area contributed by atoms with Gasteiger partial charge in [0.25, 0.3) is 6.43 Å². The van der Waals surface area contributed by atoms with Crippen LogP contribution in [0, 0.1) is 0 Å². The van der Waals surface area contributed by atoms with Gasteiger partial charge in [0.15, 0.2) is 6.29 Å². The van der Waals surface area contributed by atoms with Crippen LogP contribution in [0.25, 0.3) is 11.3 Å². The summed E-state index contributed by atoms with van der Waals surface area (Å²) in [5, 5.41) is 4.26. The molecule has 0 atom stereocenters. The number of para-hydroxylation sites is 1. The summed E-state index contributed by atoms with van der Waals surface area (Å²) >= 11 is 0. The summed E-state index contributed by atoms with van der Waals surface area (Å²) in [6, 6.07) is 6.18. The Balaban J connectivity index is 2.08. The molecule has 0 radical (unpaired) electrons. The van der Waals surface area contributed by atoms with E-state index in [4.69, 9.17) is 9.47 Å². The van der Waals surface area contributed by atoms with Crippen LogP contribution in [0.15, 0.2) is 35.3 Å². The number of nitrogens with zero attached hydrogens (tertiary/aromatic N) is 2. The maximum atomic E-state index is 12.4. The molecule has 8 heteroatoms. The van der Waals surface area contributed by atoms with Gasteiger partial charge in [0.2, 0.25) is 5.43 Å². The zero-order valence-corrected chi connectivity index (χ0v) is 12.5. The first kappa shape index (κ1) is 16.3. The monoisotopic (exact) mass is 336 g/mol. The van der Waals surface area contributed by atoms with Crippen molar-refractivity contribution in [2.24, 2.45) is 0 Å². The predicted molar refractivity (Wildman–Crippen MR) is 80.7 cm³/mol. The third-order valence-electron chi connectivity index (χ3n) is 3.59. The number of ether oxygens (including phenoxy) is 2. The second-order valence-electron chi connectivity index (χ2n) is 5.25. The Morgan fingerprint density at radius 2 is 2.12 bits per heavy atom. The molecule has 3 rings (SSSR count). The third kappa shape index (κ3) is 3.18. The van der Waals surface area contributed by atoms with Crippen LogP contribution in [-0.4, -0.2) is 42.3 Å². The van der Waals surface area contributed by atoms with Crippen LogP contribution in [0.5, 0.6) is 5.75 Å². The third-order valence-corrected chi connectivity index (χ3v) is 3.59. The maximum absolute atomic E-state index is 12.4. The summed E-state index contributed by atoms with van der Waals surface area (Å²) in [7, 11) is 0. The molecule has 0 unspecified atom stereocenters. The van der Waals surface area contributed by atoms with Gasteiger partial charge in [-0.3, -0.25) is 14.3 Å². The van der Waals surface area contributed by atoms with Gasteiger partial charge in [-0.15, -0.1) is 0 Å². The van der Waals surface area contributed by atoms with Crippen LogP contribution < -0.4 is 10.2 Å². The summed E-state index contributed by atoms with van der Waals surface area (Å²) in [6.45, 7) is 0.0588. The molecule has 0 amide bonds. The van der Waals surface area contributed by atoms with E-state index in [1.54, 1.807) is 18.2 Å². The number of carbonyl (C=O) groups excluding carboxylic acids is 1. The van der Waals surface area contributed by atoms with Gasteiger partial charge >= 0.3 is 0 Å². The minimum absolute atomic E-state index is 0.0173. The van der Waals surface area contributed by atoms with E-state index >= 15 is 0 Å². The smallest absolute Gasteiger partial charge is 0.272 e. The van der Waals surface area contributed by atoms with Crippen molar-refractivity contribution in [3.05, 3.63) is 46.2 Å². The van der Waals surface area contributed by atoms with Crippen LogP contribution in [0.2, 0.25) is 0 Å². The first-order valence-electron chi connectivity index (χ1n) is 7.27. The van der Waals surface area contributed by atoms with E-state index in [-0.39, 0.29) is 28.6 Å². The molecule has 126 valence electrons. The number of carbonyl (C=O) groups is 1. The molecule has 1 fully saturated rings. The van der Waals surface area contributed by atoms with Crippen molar-refractivity contribution in [2.75, 3.05) is 19.8 Å². The van der Waals surface area contributed by atoms with Crippen LogP contribution in [0.1, 0.15) is 16.4 Å². The minimum atomic E-state index is -2.64. The van der Waals surface area contributed by atoms with Gasteiger partial charge in [-0.05, 0) is 12.1 Å². The van der Waals surface area contributed by atoms with Crippen molar-refractivity contribution in [1.82, 2.24) is 9.78 Å². The highest BCUT2D eigenvalue weighted by Gasteiger charge is 2.24. The molecule has 1 aromatic carbocycles. The maximum Gasteiger partial charge on any atom is 0.272 e. The summed E-state index contributed by atoms with van der Waals surface area (Å²) in [6.07, 6.45) is -0.822. The number of hydrogen-bond acceptors (Lipinski definition) is 5. The van der Waals surface area contributed by atoms with Crippen LogP contribution in [0.4, 0.5) is 8.78 Å². The Hall–Kier alpha value is -2.61. The number of aldehydes is 1. The molecule has 2 heterocycles. The van der Waals surface area contributed by atoms with Crippen LogP contribution >= 0.6 is 0 Å². The zero-order chi connectivity index (χ0) is 17.1. The van der Waals surface area contributed by atoms with Gasteiger partial charge in [0.05, 0.1) is 24.8 Å². The summed E-state index contributed by atoms with van der Waals surface area (Å²) < 4.78 is 36.5. The fourth-order valence-corrected chi connectivity index (χ4v) is 2.29. The average Bonchev–Trinajstić information content (AvgIpc) is 2.53. The fraction of sp³-hybridized carbons (Fsp3) is 0.312. The van der Waals surface area contributed by atoms with Crippen molar-refractivity contribution < 1.29 is 23.0 Å². The number of halogens is 2. The Morgan fingerprint density at radius 1 is 1.38 bits per heavy atom. The molecule has 24 heavy (non-hydrogen) atoms. The highest BCUT2D eigenvalue weighted by molar-refractivity contribution is 5.78. The van der Waals surface area contributed by atoms with E-state index in [0.29, 0.717) is 19.5 Å². The second kappa shape index (κ2) is 6.88. The SMILES string of the molecule is O=Cc1cn(C2COC2)nc(-c2ccccc2OCC(F)F)c1=O. The molecule has 1 aliphatic rings. The average molecular weight is 336 g/mol. The Bertz CT molecular complexity index is 803. The lowest BCUT2D eigenvalue weighted by Gasteiger charge is -2.28. The molecule has 1 saturated heterocycles. The Morgan fingerprint density at radius 3 is 2.75 bits per heavy atom. The molecule has 1 aliphatic heterocycles. The molecule has 0 aliphatic carbocycles. The second-order valence-corrected chi connectivity index (χ2v) is 5.25. The van der Waals surface area contributed by atoms with Gasteiger partial charge in [-0.2, -0.15) is 5.10 Å². The summed E-state index contributed by atoms with van der Waals surface area (Å²) in [5.41, 5.74) is -0.387. The molecule has 1 aromatic heterocycles. The molecule has 0 N–H and O–H groups in total. The highest BCUT2D eigenvalue weighted by atomic mass is 19.3. The zero-order valence-electron chi connectivity index (χ0n) is 12.5. The van der Waals surface area contributed by atoms with Gasteiger partial charge in [0.1, 0.15) is 18.1 Å². The van der Waals surface area contributed by atoms with E-state index in [1.807, 2.05) is 0 Å².